The fourth-order valence-electron chi connectivity index (χ4n) is 1.82. The molecule has 2 rings (SSSR count). The van der Waals surface area contributed by atoms with Gasteiger partial charge >= 0.3 is 0 Å². The lowest BCUT2D eigenvalue weighted by molar-refractivity contribution is -0.196. The number of carbonyl (C=O) groups is 1. The van der Waals surface area contributed by atoms with Crippen molar-refractivity contribution < 1.29 is 14.3 Å². The molecule has 0 amide bonds. The lowest BCUT2D eigenvalue weighted by Gasteiger charge is -2.25. The van der Waals surface area contributed by atoms with Crippen LogP contribution in [0.25, 0.3) is 0 Å². The molecule has 0 aromatic heterocycles. The molecule has 0 N–H and O–H groups in total. The second-order valence-corrected chi connectivity index (χ2v) is 4.09. The minimum absolute atomic E-state index is 0.135. The third-order valence-corrected chi connectivity index (χ3v) is 2.99. The molecule has 0 spiro atoms. The summed E-state index contributed by atoms with van der Waals surface area (Å²) in [7, 11) is 0. The van der Waals surface area contributed by atoms with Gasteiger partial charge in [0.25, 0.3) is 0 Å². The molecule has 3 atom stereocenters. The van der Waals surface area contributed by atoms with Gasteiger partial charge in [0.05, 0.1) is 0 Å². The van der Waals surface area contributed by atoms with Crippen molar-refractivity contribution in [1.29, 1.82) is 0 Å². The summed E-state index contributed by atoms with van der Waals surface area (Å²) >= 11 is 0. The first-order chi connectivity index (χ1) is 6.27. The second-order valence-electron chi connectivity index (χ2n) is 4.09. The minimum atomic E-state index is -0.498. The number of hydrogen-bond acceptors (Lipinski definition) is 3. The standard InChI is InChI=1S/C10H16O3/c1-8-6-10(8,7-11)13-9-4-2-3-5-12-9/h7-9H,2-6H2,1H3. The van der Waals surface area contributed by atoms with E-state index in [0.717, 1.165) is 38.6 Å². The van der Waals surface area contributed by atoms with Crippen LogP contribution in [0.5, 0.6) is 0 Å². The first kappa shape index (κ1) is 9.16. The van der Waals surface area contributed by atoms with Gasteiger partial charge in [-0.05, 0) is 31.6 Å². The fourth-order valence-corrected chi connectivity index (χ4v) is 1.82. The summed E-state index contributed by atoms with van der Waals surface area (Å²) in [6.45, 7) is 2.81. The lowest BCUT2D eigenvalue weighted by atomic mass is 10.2. The molecule has 74 valence electrons. The Balaban J connectivity index is 1.86. The Hall–Kier alpha value is -0.410. The zero-order chi connectivity index (χ0) is 9.31. The number of carbonyl (C=O) groups excluding carboxylic acids is 1. The maximum absolute atomic E-state index is 10.8. The van der Waals surface area contributed by atoms with Gasteiger partial charge in [0, 0.05) is 6.61 Å². The predicted octanol–water partition coefficient (Wildman–Crippen LogP) is 1.51. The van der Waals surface area contributed by atoms with Crippen LogP contribution in [-0.4, -0.2) is 24.8 Å². The van der Waals surface area contributed by atoms with E-state index in [1.807, 2.05) is 6.92 Å². The molecule has 1 saturated heterocycles. The van der Waals surface area contributed by atoms with Crippen molar-refractivity contribution in [3.63, 3.8) is 0 Å². The Kier molecular flexibility index (Phi) is 2.39. The van der Waals surface area contributed by atoms with Crippen molar-refractivity contribution in [2.45, 2.75) is 44.5 Å². The van der Waals surface area contributed by atoms with Crippen molar-refractivity contribution in [2.24, 2.45) is 5.92 Å². The largest absolute Gasteiger partial charge is 0.353 e. The summed E-state index contributed by atoms with van der Waals surface area (Å²) < 4.78 is 11.1. The van der Waals surface area contributed by atoms with Gasteiger partial charge < -0.3 is 14.3 Å². The molecule has 3 nitrogen and oxygen atoms in total. The highest BCUT2D eigenvalue weighted by atomic mass is 16.7. The van der Waals surface area contributed by atoms with Crippen LogP contribution in [0, 0.1) is 5.92 Å². The Bertz CT molecular complexity index is 198. The SMILES string of the molecule is CC1CC1(C=O)OC1CCCCO1. The molecule has 13 heavy (non-hydrogen) atoms. The smallest absolute Gasteiger partial charge is 0.158 e. The van der Waals surface area contributed by atoms with E-state index in [0.29, 0.717) is 5.92 Å². The van der Waals surface area contributed by atoms with E-state index < -0.39 is 5.60 Å². The van der Waals surface area contributed by atoms with Crippen molar-refractivity contribution in [3.05, 3.63) is 0 Å². The van der Waals surface area contributed by atoms with Gasteiger partial charge in [0.15, 0.2) is 12.6 Å². The van der Waals surface area contributed by atoms with E-state index >= 15 is 0 Å². The molecule has 3 unspecified atom stereocenters. The molecule has 1 aliphatic heterocycles. The fraction of sp³-hybridized carbons (Fsp3) is 0.900. The van der Waals surface area contributed by atoms with Crippen molar-refractivity contribution in [1.82, 2.24) is 0 Å². The normalized spacial score (nSPS) is 44.4. The lowest BCUT2D eigenvalue weighted by Crippen LogP contribution is -2.31. The maximum atomic E-state index is 10.8. The van der Waals surface area contributed by atoms with E-state index in [9.17, 15) is 4.79 Å². The Morgan fingerprint density at radius 1 is 1.54 bits per heavy atom. The average molecular weight is 184 g/mol. The number of ether oxygens (including phenoxy) is 2. The molecular weight excluding hydrogens is 168 g/mol. The molecule has 3 heteroatoms. The molecule has 0 aromatic rings. The van der Waals surface area contributed by atoms with E-state index in [2.05, 4.69) is 0 Å². The molecule has 1 heterocycles. The summed E-state index contributed by atoms with van der Waals surface area (Å²) in [5.74, 6) is 0.371. The van der Waals surface area contributed by atoms with Crippen molar-refractivity contribution in [2.75, 3.05) is 6.61 Å². The molecule has 2 aliphatic rings. The molecule has 1 saturated carbocycles. The molecule has 1 aliphatic carbocycles. The molecule has 0 bridgehead atoms. The molecular formula is C10H16O3. The topological polar surface area (TPSA) is 35.5 Å². The van der Waals surface area contributed by atoms with Crippen LogP contribution in [0.3, 0.4) is 0 Å². The molecule has 0 aromatic carbocycles. The second kappa shape index (κ2) is 3.39. The zero-order valence-corrected chi connectivity index (χ0v) is 7.99. The van der Waals surface area contributed by atoms with Crippen LogP contribution in [0.2, 0.25) is 0 Å². The summed E-state index contributed by atoms with van der Waals surface area (Å²) in [5.41, 5.74) is -0.498. The molecule has 2 fully saturated rings. The van der Waals surface area contributed by atoms with Gasteiger partial charge in [-0.1, -0.05) is 6.92 Å². The van der Waals surface area contributed by atoms with Crippen LogP contribution in [0.1, 0.15) is 32.6 Å². The van der Waals surface area contributed by atoms with E-state index in [1.54, 1.807) is 0 Å². The van der Waals surface area contributed by atoms with E-state index in [-0.39, 0.29) is 6.29 Å². The van der Waals surface area contributed by atoms with E-state index in [4.69, 9.17) is 9.47 Å². The van der Waals surface area contributed by atoms with Gasteiger partial charge in [-0.2, -0.15) is 0 Å². The van der Waals surface area contributed by atoms with Crippen LogP contribution < -0.4 is 0 Å². The number of rotatable bonds is 3. The Morgan fingerprint density at radius 3 is 2.77 bits per heavy atom. The van der Waals surface area contributed by atoms with E-state index in [1.165, 1.54) is 0 Å². The van der Waals surface area contributed by atoms with Crippen LogP contribution in [0.15, 0.2) is 0 Å². The Labute approximate surface area is 78.4 Å². The highest BCUT2D eigenvalue weighted by molar-refractivity contribution is 5.68. The van der Waals surface area contributed by atoms with Gasteiger partial charge in [-0.25, -0.2) is 0 Å². The summed E-state index contributed by atoms with van der Waals surface area (Å²) in [5, 5.41) is 0. The summed E-state index contributed by atoms with van der Waals surface area (Å²) in [6, 6.07) is 0. The van der Waals surface area contributed by atoms with Crippen LogP contribution in [-0.2, 0) is 14.3 Å². The summed E-state index contributed by atoms with van der Waals surface area (Å²) in [6.07, 6.45) is 4.86. The zero-order valence-electron chi connectivity index (χ0n) is 7.99. The van der Waals surface area contributed by atoms with Gasteiger partial charge in [-0.3, -0.25) is 0 Å². The third-order valence-electron chi connectivity index (χ3n) is 2.99. The first-order valence-electron chi connectivity index (χ1n) is 5.02. The predicted molar refractivity (Wildman–Crippen MR) is 47.3 cm³/mol. The van der Waals surface area contributed by atoms with Crippen molar-refractivity contribution in [3.8, 4) is 0 Å². The first-order valence-corrected chi connectivity index (χ1v) is 5.02. The van der Waals surface area contributed by atoms with Gasteiger partial charge in [0.2, 0.25) is 0 Å². The Morgan fingerprint density at radius 2 is 2.31 bits per heavy atom. The highest BCUT2D eigenvalue weighted by Gasteiger charge is 2.54. The minimum Gasteiger partial charge on any atom is -0.353 e. The quantitative estimate of drug-likeness (QED) is 0.624. The van der Waals surface area contributed by atoms with Crippen LogP contribution in [0.4, 0.5) is 0 Å². The average Bonchev–Trinajstić information content (AvgIpc) is 2.79. The van der Waals surface area contributed by atoms with Gasteiger partial charge in [-0.15, -0.1) is 0 Å². The third kappa shape index (κ3) is 1.76. The molecule has 0 radical (unpaired) electrons. The monoisotopic (exact) mass is 184 g/mol. The van der Waals surface area contributed by atoms with Crippen molar-refractivity contribution >= 4 is 6.29 Å². The van der Waals surface area contributed by atoms with Gasteiger partial charge in [0.1, 0.15) is 5.60 Å². The number of aldehydes is 1. The maximum Gasteiger partial charge on any atom is 0.158 e. The van der Waals surface area contributed by atoms with Crippen LogP contribution >= 0.6 is 0 Å². The number of hydrogen-bond donors (Lipinski definition) is 0. The summed E-state index contributed by atoms with van der Waals surface area (Å²) in [4.78, 5) is 10.8. The highest BCUT2D eigenvalue weighted by Crippen LogP contribution is 2.46.